The predicted octanol–water partition coefficient (Wildman–Crippen LogP) is 6.06. The van der Waals surface area contributed by atoms with Crippen molar-refractivity contribution >= 4 is 56.3 Å². The number of amides is 1. The number of fused-ring (bicyclic) bond motifs is 1. The number of nitrogens with zero attached hydrogens (tertiary/aromatic N) is 2. The first-order chi connectivity index (χ1) is 15.3. The van der Waals surface area contributed by atoms with E-state index in [-0.39, 0.29) is 11.7 Å². The minimum Gasteiger partial charge on any atom is -0.351 e. The summed E-state index contributed by atoms with van der Waals surface area (Å²) in [6.45, 7) is 6.07. The van der Waals surface area contributed by atoms with E-state index in [2.05, 4.69) is 33.5 Å². The zero-order chi connectivity index (χ0) is 22.7. The molecule has 164 valence electrons. The van der Waals surface area contributed by atoms with Crippen molar-refractivity contribution in [3.63, 3.8) is 0 Å². The molecule has 0 saturated heterocycles. The standard InChI is InChI=1S/C24H23N3O2S3/c1-24(2,3)23(29)25-12-16-9-10-19(31-16)18(28)13-30-21-17-11-20(15-7-5-4-6-8-15)32-22(17)27-14-26-21/h4-11,14H,12-13H2,1-3H3,(H,25,29). The van der Waals surface area contributed by atoms with Crippen molar-refractivity contribution in [2.24, 2.45) is 5.41 Å². The molecule has 1 aromatic carbocycles. The van der Waals surface area contributed by atoms with Crippen LogP contribution in [0.25, 0.3) is 20.7 Å². The maximum Gasteiger partial charge on any atom is 0.225 e. The van der Waals surface area contributed by atoms with Crippen molar-refractivity contribution in [1.82, 2.24) is 15.3 Å². The number of Topliss-reactive ketones (excluding diaryl/α,β-unsaturated/α-hetero) is 1. The number of carbonyl (C=O) groups excluding carboxylic acids is 2. The number of hydrogen-bond donors (Lipinski definition) is 1. The van der Waals surface area contributed by atoms with E-state index in [9.17, 15) is 9.59 Å². The lowest BCUT2D eigenvalue weighted by atomic mass is 9.96. The van der Waals surface area contributed by atoms with Crippen LogP contribution in [0.15, 0.2) is 59.9 Å². The van der Waals surface area contributed by atoms with Crippen LogP contribution in [-0.4, -0.2) is 27.4 Å². The highest BCUT2D eigenvalue weighted by Gasteiger charge is 2.21. The van der Waals surface area contributed by atoms with Crippen LogP contribution < -0.4 is 5.32 Å². The maximum atomic E-state index is 12.8. The van der Waals surface area contributed by atoms with Crippen LogP contribution in [-0.2, 0) is 11.3 Å². The summed E-state index contributed by atoms with van der Waals surface area (Å²) in [4.78, 5) is 37.3. The van der Waals surface area contributed by atoms with Gasteiger partial charge < -0.3 is 5.32 Å². The van der Waals surface area contributed by atoms with E-state index in [1.165, 1.54) is 23.1 Å². The van der Waals surface area contributed by atoms with E-state index in [0.29, 0.717) is 17.2 Å². The van der Waals surface area contributed by atoms with Gasteiger partial charge in [-0.2, -0.15) is 0 Å². The summed E-state index contributed by atoms with van der Waals surface area (Å²) >= 11 is 4.49. The zero-order valence-electron chi connectivity index (χ0n) is 18.0. The van der Waals surface area contributed by atoms with Crippen molar-refractivity contribution < 1.29 is 9.59 Å². The minimum absolute atomic E-state index is 0.00672. The first-order valence-electron chi connectivity index (χ1n) is 10.1. The van der Waals surface area contributed by atoms with Crippen molar-refractivity contribution in [2.45, 2.75) is 32.3 Å². The Kier molecular flexibility index (Phi) is 6.74. The van der Waals surface area contributed by atoms with Crippen molar-refractivity contribution in [2.75, 3.05) is 5.75 Å². The molecule has 4 aromatic rings. The van der Waals surface area contributed by atoms with Crippen LogP contribution in [0.1, 0.15) is 35.3 Å². The lowest BCUT2D eigenvalue weighted by Gasteiger charge is -2.17. The summed E-state index contributed by atoms with van der Waals surface area (Å²) in [5.41, 5.74) is 0.712. The topological polar surface area (TPSA) is 72.0 Å². The Morgan fingerprint density at radius 3 is 2.56 bits per heavy atom. The number of thiophene rings is 2. The molecule has 0 atom stereocenters. The number of ketones is 1. The predicted molar refractivity (Wildman–Crippen MR) is 134 cm³/mol. The van der Waals surface area contributed by atoms with Gasteiger partial charge in [-0.05, 0) is 23.8 Å². The molecule has 0 unspecified atom stereocenters. The van der Waals surface area contributed by atoms with Gasteiger partial charge in [-0.25, -0.2) is 9.97 Å². The van der Waals surface area contributed by atoms with Crippen LogP contribution in [0.2, 0.25) is 0 Å². The molecule has 0 bridgehead atoms. The van der Waals surface area contributed by atoms with Crippen LogP contribution in [0.5, 0.6) is 0 Å². The molecule has 0 aliphatic rings. The molecule has 1 N–H and O–H groups in total. The molecular weight excluding hydrogens is 458 g/mol. The van der Waals surface area contributed by atoms with Crippen molar-refractivity contribution in [3.8, 4) is 10.4 Å². The molecule has 3 heterocycles. The average Bonchev–Trinajstić information content (AvgIpc) is 3.43. The highest BCUT2D eigenvalue weighted by Crippen LogP contribution is 2.36. The molecular formula is C24H23N3O2S3. The van der Waals surface area contributed by atoms with Crippen LogP contribution >= 0.6 is 34.4 Å². The Balaban J connectivity index is 1.42. The Morgan fingerprint density at radius 1 is 1.03 bits per heavy atom. The molecule has 0 saturated carbocycles. The Bertz CT molecular complexity index is 1260. The Hall–Kier alpha value is -2.55. The number of benzene rings is 1. The van der Waals surface area contributed by atoms with Gasteiger partial charge in [0, 0.05) is 20.6 Å². The van der Waals surface area contributed by atoms with Gasteiger partial charge >= 0.3 is 0 Å². The van der Waals surface area contributed by atoms with Gasteiger partial charge in [0.2, 0.25) is 5.91 Å². The number of nitrogens with one attached hydrogen (secondary N) is 1. The van der Waals surface area contributed by atoms with E-state index in [1.54, 1.807) is 17.7 Å². The summed E-state index contributed by atoms with van der Waals surface area (Å²) in [6, 6.07) is 16.0. The molecule has 1 amide bonds. The zero-order valence-corrected chi connectivity index (χ0v) is 20.5. The van der Waals surface area contributed by atoms with Crippen LogP contribution in [0.3, 0.4) is 0 Å². The molecule has 0 aliphatic heterocycles. The lowest BCUT2D eigenvalue weighted by Crippen LogP contribution is -2.34. The summed E-state index contributed by atoms with van der Waals surface area (Å²) < 4.78 is 0. The second-order valence-electron chi connectivity index (χ2n) is 8.28. The summed E-state index contributed by atoms with van der Waals surface area (Å²) in [6.07, 6.45) is 1.56. The van der Waals surface area contributed by atoms with Gasteiger partial charge in [0.15, 0.2) is 5.78 Å². The summed E-state index contributed by atoms with van der Waals surface area (Å²) in [5, 5.41) is 4.72. The quantitative estimate of drug-likeness (QED) is 0.197. The molecule has 8 heteroatoms. The van der Waals surface area contributed by atoms with E-state index >= 15 is 0 Å². The highest BCUT2D eigenvalue weighted by atomic mass is 32.2. The van der Waals surface area contributed by atoms with Crippen LogP contribution in [0, 0.1) is 5.41 Å². The fraction of sp³-hybridized carbons (Fsp3) is 0.250. The molecule has 0 spiro atoms. The normalized spacial score (nSPS) is 11.6. The molecule has 0 aliphatic carbocycles. The molecule has 3 aromatic heterocycles. The van der Waals surface area contributed by atoms with E-state index < -0.39 is 5.41 Å². The smallest absolute Gasteiger partial charge is 0.225 e. The summed E-state index contributed by atoms with van der Waals surface area (Å²) in [5.74, 6) is 0.350. The average molecular weight is 482 g/mol. The third kappa shape index (κ3) is 5.26. The Morgan fingerprint density at radius 2 is 1.81 bits per heavy atom. The second kappa shape index (κ2) is 9.52. The number of carbonyl (C=O) groups is 2. The third-order valence-corrected chi connectivity index (χ3v) is 7.96. The molecule has 5 nitrogen and oxygen atoms in total. The van der Waals surface area contributed by atoms with Gasteiger partial charge in [0.1, 0.15) is 16.2 Å². The lowest BCUT2D eigenvalue weighted by molar-refractivity contribution is -0.128. The molecule has 0 fully saturated rings. The first-order valence-corrected chi connectivity index (χ1v) is 12.8. The summed E-state index contributed by atoms with van der Waals surface area (Å²) in [7, 11) is 0. The van der Waals surface area contributed by atoms with Crippen LogP contribution in [0.4, 0.5) is 0 Å². The van der Waals surface area contributed by atoms with Gasteiger partial charge in [-0.15, -0.1) is 22.7 Å². The van der Waals surface area contributed by atoms with Gasteiger partial charge in [0.05, 0.1) is 17.2 Å². The fourth-order valence-corrected chi connectivity index (χ4v) is 5.86. The fourth-order valence-electron chi connectivity index (χ4n) is 2.95. The third-order valence-electron chi connectivity index (χ3n) is 4.73. The molecule has 4 rings (SSSR count). The second-order valence-corrected chi connectivity index (χ2v) is 11.4. The van der Waals surface area contributed by atoms with E-state index in [0.717, 1.165) is 30.6 Å². The Labute approximate surface area is 199 Å². The van der Waals surface area contributed by atoms with Crippen molar-refractivity contribution in [3.05, 3.63) is 64.6 Å². The number of aromatic nitrogens is 2. The van der Waals surface area contributed by atoms with Gasteiger partial charge in [-0.3, -0.25) is 9.59 Å². The monoisotopic (exact) mass is 481 g/mol. The minimum atomic E-state index is -0.433. The van der Waals surface area contributed by atoms with Crippen molar-refractivity contribution in [1.29, 1.82) is 0 Å². The first kappa shape index (κ1) is 22.6. The number of hydrogen-bond acceptors (Lipinski definition) is 7. The number of rotatable bonds is 7. The highest BCUT2D eigenvalue weighted by molar-refractivity contribution is 8.00. The maximum absolute atomic E-state index is 12.8. The molecule has 32 heavy (non-hydrogen) atoms. The van der Waals surface area contributed by atoms with Gasteiger partial charge in [-0.1, -0.05) is 62.9 Å². The van der Waals surface area contributed by atoms with E-state index in [1.807, 2.05) is 51.1 Å². The largest absolute Gasteiger partial charge is 0.351 e. The van der Waals surface area contributed by atoms with Gasteiger partial charge in [0.25, 0.3) is 0 Å². The molecule has 0 radical (unpaired) electrons. The SMILES string of the molecule is CC(C)(C)C(=O)NCc1ccc(C(=O)CSc2ncnc3sc(-c4ccccc4)cc23)s1. The van der Waals surface area contributed by atoms with E-state index in [4.69, 9.17) is 0 Å². The number of thioether (sulfide) groups is 1.